The van der Waals surface area contributed by atoms with Crippen molar-refractivity contribution in [2.75, 3.05) is 7.11 Å². The number of carboxylic acid groups (broad SMARTS) is 1. The van der Waals surface area contributed by atoms with Gasteiger partial charge in [0.15, 0.2) is 0 Å². The second kappa shape index (κ2) is 6.23. The van der Waals surface area contributed by atoms with E-state index in [0.29, 0.717) is 0 Å². The van der Waals surface area contributed by atoms with Crippen LogP contribution in [0.4, 0.5) is 0 Å². The highest BCUT2D eigenvalue weighted by Gasteiger charge is 2.21. The molecule has 1 heterocycles. The molecule has 5 nitrogen and oxygen atoms in total. The molecule has 1 aromatic heterocycles. The molecule has 1 N–H and O–H groups in total. The van der Waals surface area contributed by atoms with Gasteiger partial charge in [0.1, 0.15) is 11.4 Å². The summed E-state index contributed by atoms with van der Waals surface area (Å²) in [5.41, 5.74) is 1.16. The monoisotopic (exact) mass is 274 g/mol. The Kier molecular flexibility index (Phi) is 4.40. The molecule has 1 unspecified atom stereocenters. The largest absolute Gasteiger partial charge is 0.496 e. The minimum atomic E-state index is -0.974. The van der Waals surface area contributed by atoms with E-state index in [1.807, 2.05) is 24.3 Å². The maximum absolute atomic E-state index is 11.3. The average Bonchev–Trinajstić information content (AvgIpc) is 2.94. The molecule has 0 aliphatic carbocycles. The number of benzene rings is 1. The fourth-order valence-electron chi connectivity index (χ4n) is 2.38. The summed E-state index contributed by atoms with van der Waals surface area (Å²) in [6.45, 7) is 2.07. The third-order valence-electron chi connectivity index (χ3n) is 3.28. The Morgan fingerprint density at radius 3 is 2.85 bits per heavy atom. The van der Waals surface area contributed by atoms with Gasteiger partial charge in [0.2, 0.25) is 0 Å². The standard InChI is InChI=1S/C15H18N2O3/c1-3-6-12(11-7-4-5-8-14(11)20-2)17-10-16-9-13(17)15(18)19/h4-5,7-10,12H,3,6H2,1-2H3,(H,18,19). The number of aromatic nitrogens is 2. The van der Waals surface area contributed by atoms with Gasteiger partial charge in [-0.25, -0.2) is 9.78 Å². The summed E-state index contributed by atoms with van der Waals surface area (Å²) < 4.78 is 7.09. The third-order valence-corrected chi connectivity index (χ3v) is 3.28. The molecule has 0 aliphatic heterocycles. The molecule has 0 fully saturated rings. The molecule has 0 aliphatic rings. The van der Waals surface area contributed by atoms with Crippen molar-refractivity contribution in [3.8, 4) is 5.75 Å². The van der Waals surface area contributed by atoms with Crippen molar-refractivity contribution in [1.82, 2.24) is 9.55 Å². The van der Waals surface area contributed by atoms with E-state index < -0.39 is 5.97 Å². The van der Waals surface area contributed by atoms with Crippen LogP contribution >= 0.6 is 0 Å². The maximum Gasteiger partial charge on any atom is 0.354 e. The van der Waals surface area contributed by atoms with Crippen LogP contribution in [0.1, 0.15) is 41.9 Å². The number of hydrogen-bond acceptors (Lipinski definition) is 3. The molecule has 0 saturated heterocycles. The van der Waals surface area contributed by atoms with Crippen LogP contribution in [0.2, 0.25) is 0 Å². The number of rotatable bonds is 6. The number of hydrogen-bond donors (Lipinski definition) is 1. The SMILES string of the molecule is CCCC(c1ccccc1OC)n1cncc1C(=O)O. The highest BCUT2D eigenvalue weighted by molar-refractivity contribution is 5.85. The van der Waals surface area contributed by atoms with Crippen LogP contribution in [-0.2, 0) is 0 Å². The van der Waals surface area contributed by atoms with Gasteiger partial charge >= 0.3 is 5.97 Å². The molecule has 0 bridgehead atoms. The number of ether oxygens (including phenoxy) is 1. The molecule has 2 aromatic rings. The summed E-state index contributed by atoms with van der Waals surface area (Å²) in [6.07, 6.45) is 4.69. The molecular weight excluding hydrogens is 256 g/mol. The van der Waals surface area contributed by atoms with Gasteiger partial charge in [0.05, 0.1) is 25.7 Å². The second-order valence-corrected chi connectivity index (χ2v) is 4.54. The molecule has 1 aromatic carbocycles. The molecule has 0 amide bonds. The summed E-state index contributed by atoms with van der Waals surface area (Å²) in [7, 11) is 1.62. The molecule has 0 radical (unpaired) electrons. The van der Waals surface area contributed by atoms with Crippen LogP contribution in [0, 0.1) is 0 Å². The topological polar surface area (TPSA) is 64.4 Å². The van der Waals surface area contributed by atoms with Crippen molar-refractivity contribution in [1.29, 1.82) is 0 Å². The lowest BCUT2D eigenvalue weighted by molar-refractivity contribution is 0.0683. The molecule has 5 heteroatoms. The van der Waals surface area contributed by atoms with Crippen LogP contribution < -0.4 is 4.74 Å². The Morgan fingerprint density at radius 2 is 2.20 bits per heavy atom. The average molecular weight is 274 g/mol. The molecule has 1 atom stereocenters. The summed E-state index contributed by atoms with van der Waals surface area (Å²) >= 11 is 0. The highest BCUT2D eigenvalue weighted by atomic mass is 16.5. The minimum Gasteiger partial charge on any atom is -0.496 e. The Bertz CT molecular complexity index is 592. The first-order valence-electron chi connectivity index (χ1n) is 6.57. The second-order valence-electron chi connectivity index (χ2n) is 4.54. The van der Waals surface area contributed by atoms with Crippen LogP contribution in [0.15, 0.2) is 36.8 Å². The zero-order chi connectivity index (χ0) is 14.5. The van der Waals surface area contributed by atoms with Crippen molar-refractivity contribution in [3.05, 3.63) is 48.0 Å². The first-order valence-corrected chi connectivity index (χ1v) is 6.57. The zero-order valence-corrected chi connectivity index (χ0v) is 11.6. The first-order chi connectivity index (χ1) is 9.69. The van der Waals surface area contributed by atoms with Gasteiger partial charge in [0, 0.05) is 5.56 Å². The van der Waals surface area contributed by atoms with Gasteiger partial charge in [0.25, 0.3) is 0 Å². The Labute approximate surface area is 117 Å². The Balaban J connectivity index is 2.50. The van der Waals surface area contributed by atoms with Gasteiger partial charge < -0.3 is 14.4 Å². The molecular formula is C15H18N2O3. The number of carboxylic acids is 1. The van der Waals surface area contributed by atoms with Crippen molar-refractivity contribution in [2.24, 2.45) is 0 Å². The summed E-state index contributed by atoms with van der Waals surface area (Å²) in [5.74, 6) is -0.213. The maximum atomic E-state index is 11.3. The van der Waals surface area contributed by atoms with E-state index in [2.05, 4.69) is 11.9 Å². The van der Waals surface area contributed by atoms with Crippen LogP contribution in [-0.4, -0.2) is 27.7 Å². The van der Waals surface area contributed by atoms with Crippen molar-refractivity contribution in [3.63, 3.8) is 0 Å². The van der Waals surface area contributed by atoms with Gasteiger partial charge in [-0.05, 0) is 12.5 Å². The van der Waals surface area contributed by atoms with Crippen molar-refractivity contribution < 1.29 is 14.6 Å². The Hall–Kier alpha value is -2.30. The normalized spacial score (nSPS) is 12.1. The third kappa shape index (κ3) is 2.66. The Morgan fingerprint density at radius 1 is 1.45 bits per heavy atom. The van der Waals surface area contributed by atoms with E-state index in [1.54, 1.807) is 18.0 Å². The van der Waals surface area contributed by atoms with Crippen molar-refractivity contribution >= 4 is 5.97 Å². The number of imidazole rings is 1. The minimum absolute atomic E-state index is 0.0928. The number of methoxy groups -OCH3 is 1. The van der Waals surface area contributed by atoms with E-state index in [4.69, 9.17) is 4.74 Å². The van der Waals surface area contributed by atoms with Gasteiger partial charge in [-0.3, -0.25) is 0 Å². The van der Waals surface area contributed by atoms with Crippen molar-refractivity contribution in [2.45, 2.75) is 25.8 Å². The van der Waals surface area contributed by atoms with E-state index in [1.165, 1.54) is 6.20 Å². The van der Waals surface area contributed by atoms with E-state index in [9.17, 15) is 9.90 Å². The summed E-state index contributed by atoms with van der Waals surface area (Å²) in [6, 6.07) is 7.58. The zero-order valence-electron chi connectivity index (χ0n) is 11.6. The predicted molar refractivity (Wildman–Crippen MR) is 75.2 cm³/mol. The molecule has 2 rings (SSSR count). The van der Waals surface area contributed by atoms with Crippen LogP contribution in [0.3, 0.4) is 0 Å². The van der Waals surface area contributed by atoms with Crippen LogP contribution in [0.25, 0.3) is 0 Å². The molecule has 0 spiro atoms. The van der Waals surface area contributed by atoms with Crippen LogP contribution in [0.5, 0.6) is 5.75 Å². The van der Waals surface area contributed by atoms with Gasteiger partial charge in [-0.2, -0.15) is 0 Å². The lowest BCUT2D eigenvalue weighted by atomic mass is 10.0. The quantitative estimate of drug-likeness (QED) is 0.879. The number of nitrogens with zero attached hydrogens (tertiary/aromatic N) is 2. The van der Waals surface area contributed by atoms with E-state index in [0.717, 1.165) is 24.2 Å². The number of carbonyl (C=O) groups is 1. The summed E-state index contributed by atoms with van der Waals surface area (Å²) in [4.78, 5) is 15.3. The van der Waals surface area contributed by atoms with Gasteiger partial charge in [-0.1, -0.05) is 31.5 Å². The van der Waals surface area contributed by atoms with Gasteiger partial charge in [-0.15, -0.1) is 0 Å². The smallest absolute Gasteiger partial charge is 0.354 e. The number of aromatic carboxylic acids is 1. The molecule has 106 valence electrons. The predicted octanol–water partition coefficient (Wildman–Crippen LogP) is 2.98. The summed E-state index contributed by atoms with van der Waals surface area (Å²) in [5, 5.41) is 9.25. The lowest BCUT2D eigenvalue weighted by Gasteiger charge is -2.22. The highest BCUT2D eigenvalue weighted by Crippen LogP contribution is 2.31. The lowest BCUT2D eigenvalue weighted by Crippen LogP contribution is -2.16. The number of para-hydroxylation sites is 1. The fourth-order valence-corrected chi connectivity index (χ4v) is 2.38. The first kappa shape index (κ1) is 14.1. The molecule has 20 heavy (non-hydrogen) atoms. The fraction of sp³-hybridized carbons (Fsp3) is 0.333. The molecule has 0 saturated carbocycles. The van der Waals surface area contributed by atoms with E-state index >= 15 is 0 Å². The van der Waals surface area contributed by atoms with E-state index in [-0.39, 0.29) is 11.7 Å².